The summed E-state index contributed by atoms with van der Waals surface area (Å²) in [4.78, 5) is 0. The van der Waals surface area contributed by atoms with Gasteiger partial charge in [-0.1, -0.05) is 34.6 Å². The van der Waals surface area contributed by atoms with Crippen LogP contribution in [0.3, 0.4) is 0 Å². The molecule has 0 radical (unpaired) electrons. The number of hydrogen-bond donors (Lipinski definition) is 1. The molecular formula is C15H33NO. The molecule has 0 amide bonds. The second kappa shape index (κ2) is 8.93. The molecule has 0 aromatic rings. The summed E-state index contributed by atoms with van der Waals surface area (Å²) in [5.74, 6) is 0. The molecule has 0 spiro atoms. The van der Waals surface area contributed by atoms with Crippen LogP contribution in [0.2, 0.25) is 0 Å². The van der Waals surface area contributed by atoms with Gasteiger partial charge in [-0.2, -0.15) is 0 Å². The van der Waals surface area contributed by atoms with Crippen LogP contribution in [0.25, 0.3) is 0 Å². The van der Waals surface area contributed by atoms with E-state index in [2.05, 4.69) is 46.9 Å². The van der Waals surface area contributed by atoms with E-state index < -0.39 is 0 Å². The van der Waals surface area contributed by atoms with Gasteiger partial charge in [-0.25, -0.2) is 0 Å². The SMILES string of the molecule is CCCNC(CCC(C)(C)C)C(CC)OCC. The fraction of sp³-hybridized carbons (Fsp3) is 1.00. The fourth-order valence-corrected chi connectivity index (χ4v) is 2.07. The minimum absolute atomic E-state index is 0.369. The normalized spacial score (nSPS) is 15.9. The minimum Gasteiger partial charge on any atom is -0.377 e. The van der Waals surface area contributed by atoms with Gasteiger partial charge in [0, 0.05) is 12.6 Å². The summed E-state index contributed by atoms with van der Waals surface area (Å²) in [5, 5.41) is 3.65. The van der Waals surface area contributed by atoms with Gasteiger partial charge >= 0.3 is 0 Å². The van der Waals surface area contributed by atoms with Crippen molar-refractivity contribution >= 4 is 0 Å². The van der Waals surface area contributed by atoms with Crippen molar-refractivity contribution in [2.24, 2.45) is 5.41 Å². The molecule has 104 valence electrons. The van der Waals surface area contributed by atoms with Crippen molar-refractivity contribution in [1.29, 1.82) is 0 Å². The molecule has 0 heterocycles. The zero-order valence-electron chi connectivity index (χ0n) is 12.8. The molecule has 0 aliphatic heterocycles. The highest BCUT2D eigenvalue weighted by molar-refractivity contribution is 4.78. The minimum atomic E-state index is 0.369. The summed E-state index contributed by atoms with van der Waals surface area (Å²) >= 11 is 0. The van der Waals surface area contributed by atoms with Gasteiger partial charge in [-0.05, 0) is 44.6 Å². The van der Waals surface area contributed by atoms with E-state index in [4.69, 9.17) is 4.74 Å². The van der Waals surface area contributed by atoms with Gasteiger partial charge in [-0.15, -0.1) is 0 Å². The molecule has 0 aromatic heterocycles. The lowest BCUT2D eigenvalue weighted by Crippen LogP contribution is -2.42. The lowest BCUT2D eigenvalue weighted by Gasteiger charge is -2.30. The molecule has 17 heavy (non-hydrogen) atoms. The Morgan fingerprint density at radius 3 is 2.18 bits per heavy atom. The van der Waals surface area contributed by atoms with Gasteiger partial charge in [0.25, 0.3) is 0 Å². The van der Waals surface area contributed by atoms with Crippen LogP contribution in [0.4, 0.5) is 0 Å². The van der Waals surface area contributed by atoms with Crippen molar-refractivity contribution in [3.63, 3.8) is 0 Å². The quantitative estimate of drug-likeness (QED) is 0.661. The maximum Gasteiger partial charge on any atom is 0.0725 e. The zero-order chi connectivity index (χ0) is 13.3. The number of nitrogens with one attached hydrogen (secondary N) is 1. The van der Waals surface area contributed by atoms with Gasteiger partial charge in [0.2, 0.25) is 0 Å². The van der Waals surface area contributed by atoms with Crippen LogP contribution >= 0.6 is 0 Å². The Kier molecular flexibility index (Phi) is 8.89. The first-order valence-corrected chi connectivity index (χ1v) is 7.29. The lowest BCUT2D eigenvalue weighted by molar-refractivity contribution is 0.0269. The Hall–Kier alpha value is -0.0800. The Labute approximate surface area is 109 Å². The third-order valence-electron chi connectivity index (χ3n) is 3.09. The summed E-state index contributed by atoms with van der Waals surface area (Å²) in [6, 6.07) is 0.513. The second-order valence-corrected chi connectivity index (χ2v) is 6.06. The number of ether oxygens (including phenoxy) is 1. The van der Waals surface area contributed by atoms with E-state index in [0.29, 0.717) is 17.6 Å². The van der Waals surface area contributed by atoms with Crippen molar-refractivity contribution in [2.75, 3.05) is 13.2 Å². The topological polar surface area (TPSA) is 21.3 Å². The smallest absolute Gasteiger partial charge is 0.0725 e. The highest BCUT2D eigenvalue weighted by Crippen LogP contribution is 2.23. The predicted molar refractivity (Wildman–Crippen MR) is 76.5 cm³/mol. The lowest BCUT2D eigenvalue weighted by atomic mass is 9.87. The monoisotopic (exact) mass is 243 g/mol. The number of hydrogen-bond acceptors (Lipinski definition) is 2. The van der Waals surface area contributed by atoms with Gasteiger partial charge < -0.3 is 10.1 Å². The van der Waals surface area contributed by atoms with Crippen LogP contribution in [0, 0.1) is 5.41 Å². The van der Waals surface area contributed by atoms with Crippen molar-refractivity contribution in [1.82, 2.24) is 5.32 Å². The first kappa shape index (κ1) is 16.9. The van der Waals surface area contributed by atoms with E-state index in [1.807, 2.05) is 0 Å². The van der Waals surface area contributed by atoms with Crippen molar-refractivity contribution < 1.29 is 4.74 Å². The fourth-order valence-electron chi connectivity index (χ4n) is 2.07. The predicted octanol–water partition coefficient (Wildman–Crippen LogP) is 4.00. The largest absolute Gasteiger partial charge is 0.377 e. The van der Waals surface area contributed by atoms with Crippen LogP contribution in [0.5, 0.6) is 0 Å². The molecule has 0 aromatic carbocycles. The average Bonchev–Trinajstić information content (AvgIpc) is 2.25. The van der Waals surface area contributed by atoms with Crippen LogP contribution in [-0.4, -0.2) is 25.3 Å². The maximum absolute atomic E-state index is 5.85. The Bertz CT molecular complexity index is 174. The maximum atomic E-state index is 5.85. The molecular weight excluding hydrogens is 210 g/mol. The van der Waals surface area contributed by atoms with Gasteiger partial charge in [0.15, 0.2) is 0 Å². The second-order valence-electron chi connectivity index (χ2n) is 6.06. The van der Waals surface area contributed by atoms with E-state index >= 15 is 0 Å². The van der Waals surface area contributed by atoms with Crippen LogP contribution < -0.4 is 5.32 Å². The molecule has 2 atom stereocenters. The highest BCUT2D eigenvalue weighted by atomic mass is 16.5. The molecule has 0 saturated heterocycles. The standard InChI is InChI=1S/C15H33NO/c1-7-12-16-13(10-11-15(4,5)6)14(8-2)17-9-3/h13-14,16H,7-12H2,1-6H3. The van der Waals surface area contributed by atoms with Crippen LogP contribution in [0.1, 0.15) is 67.2 Å². The third kappa shape index (κ3) is 8.62. The summed E-state index contributed by atoms with van der Waals surface area (Å²) in [6.45, 7) is 15.4. The summed E-state index contributed by atoms with van der Waals surface area (Å²) in [7, 11) is 0. The molecule has 0 aliphatic rings. The first-order valence-electron chi connectivity index (χ1n) is 7.29. The van der Waals surface area contributed by atoms with Crippen molar-refractivity contribution in [3.05, 3.63) is 0 Å². The van der Waals surface area contributed by atoms with Crippen LogP contribution in [-0.2, 0) is 4.74 Å². The summed E-state index contributed by atoms with van der Waals surface area (Å²) < 4.78 is 5.85. The van der Waals surface area contributed by atoms with E-state index in [9.17, 15) is 0 Å². The molecule has 0 saturated carbocycles. The van der Waals surface area contributed by atoms with Crippen LogP contribution in [0.15, 0.2) is 0 Å². The van der Waals surface area contributed by atoms with E-state index in [1.54, 1.807) is 0 Å². The molecule has 0 aliphatic carbocycles. The Morgan fingerprint density at radius 2 is 1.76 bits per heavy atom. The molecule has 0 rings (SSSR count). The highest BCUT2D eigenvalue weighted by Gasteiger charge is 2.22. The van der Waals surface area contributed by atoms with E-state index in [1.165, 1.54) is 19.3 Å². The molecule has 2 heteroatoms. The van der Waals surface area contributed by atoms with Gasteiger partial charge in [-0.3, -0.25) is 0 Å². The van der Waals surface area contributed by atoms with E-state index in [0.717, 1.165) is 19.6 Å². The third-order valence-corrected chi connectivity index (χ3v) is 3.09. The van der Waals surface area contributed by atoms with Gasteiger partial charge in [0.05, 0.1) is 6.10 Å². The molecule has 0 bridgehead atoms. The molecule has 2 unspecified atom stereocenters. The summed E-state index contributed by atoms with van der Waals surface area (Å²) in [5.41, 5.74) is 0.413. The Balaban J connectivity index is 4.28. The molecule has 2 nitrogen and oxygen atoms in total. The molecule has 1 N–H and O–H groups in total. The molecule has 0 fully saturated rings. The van der Waals surface area contributed by atoms with Crippen molar-refractivity contribution in [2.45, 2.75) is 79.4 Å². The van der Waals surface area contributed by atoms with Gasteiger partial charge in [0.1, 0.15) is 0 Å². The Morgan fingerprint density at radius 1 is 1.12 bits per heavy atom. The summed E-state index contributed by atoms with van der Waals surface area (Å²) in [6.07, 6.45) is 5.11. The average molecular weight is 243 g/mol. The van der Waals surface area contributed by atoms with Crippen molar-refractivity contribution in [3.8, 4) is 0 Å². The van der Waals surface area contributed by atoms with E-state index in [-0.39, 0.29) is 0 Å². The number of rotatable bonds is 9. The zero-order valence-corrected chi connectivity index (χ0v) is 12.8. The first-order chi connectivity index (χ1) is 7.94.